The predicted molar refractivity (Wildman–Crippen MR) is 130 cm³/mol. The number of carboxylic acid groups (broad SMARTS) is 1. The van der Waals surface area contributed by atoms with Crippen molar-refractivity contribution in [3.05, 3.63) is 24.5 Å². The van der Waals surface area contributed by atoms with E-state index in [1.165, 1.54) is 18.5 Å². The second kappa shape index (κ2) is 9.62. The molecule has 1 saturated carbocycles. The fraction of sp³-hybridized carbons (Fsp3) is 0.600. The van der Waals surface area contributed by atoms with Gasteiger partial charge in [-0.3, -0.25) is 9.59 Å². The van der Waals surface area contributed by atoms with Crippen LogP contribution in [0.2, 0.25) is 0 Å². The lowest BCUT2D eigenvalue weighted by Crippen LogP contribution is -2.59. The van der Waals surface area contributed by atoms with E-state index in [1.54, 1.807) is 11.8 Å². The molecule has 9 nitrogen and oxygen atoms in total. The number of ether oxygens (including phenoxy) is 1. The third-order valence-corrected chi connectivity index (χ3v) is 7.09. The van der Waals surface area contributed by atoms with Crippen molar-refractivity contribution in [2.75, 3.05) is 11.9 Å². The number of hydrogen-bond acceptors (Lipinski definition) is 7. The molecule has 2 aliphatic rings. The number of nitrogens with one attached hydrogen (secondary N) is 2. The summed E-state index contributed by atoms with van der Waals surface area (Å²) in [5, 5.41) is 17.0. The van der Waals surface area contributed by atoms with Gasteiger partial charge >= 0.3 is 12.3 Å². The zero-order chi connectivity index (χ0) is 27.2. The molecule has 1 aliphatic heterocycles. The minimum atomic E-state index is -4.85. The number of amides is 1. The standard InChI is InChI=1S/C25H32F3N5O4/c1-23(2,3)32-14-5-8-19(24(4,12-14)22(35)36)33-10-9-18(21(33)34)31-20-16-11-15(37-25(26,27)28)6-7-17(16)29-13-30-20/h6-7,11,13-14,18-19,32H,5,8-10,12H2,1-4H3,(H,35,36)(H,29,30,31)/t14?,18-,19?,24?/m0/s1. The van der Waals surface area contributed by atoms with Crippen LogP contribution in [0.5, 0.6) is 5.75 Å². The monoisotopic (exact) mass is 523 g/mol. The van der Waals surface area contributed by atoms with Gasteiger partial charge in [0.2, 0.25) is 5.91 Å². The molecule has 1 amide bonds. The van der Waals surface area contributed by atoms with E-state index in [4.69, 9.17) is 0 Å². The average molecular weight is 524 g/mol. The molecule has 1 aliphatic carbocycles. The van der Waals surface area contributed by atoms with E-state index in [9.17, 15) is 27.9 Å². The fourth-order valence-electron chi connectivity index (χ4n) is 5.55. The molecule has 2 aromatic rings. The van der Waals surface area contributed by atoms with Crippen molar-refractivity contribution in [2.45, 2.75) is 83.4 Å². The highest BCUT2D eigenvalue weighted by molar-refractivity contribution is 5.94. The first-order chi connectivity index (χ1) is 17.2. The maximum atomic E-state index is 13.5. The molecule has 202 valence electrons. The highest BCUT2D eigenvalue weighted by atomic mass is 19.4. The third-order valence-electron chi connectivity index (χ3n) is 7.09. The highest BCUT2D eigenvalue weighted by Crippen LogP contribution is 2.42. The molecule has 3 N–H and O–H groups in total. The number of aromatic nitrogens is 2. The maximum absolute atomic E-state index is 13.5. The lowest BCUT2D eigenvalue weighted by molar-refractivity contribution is -0.274. The van der Waals surface area contributed by atoms with E-state index in [0.29, 0.717) is 31.3 Å². The van der Waals surface area contributed by atoms with E-state index in [0.717, 1.165) is 12.5 Å². The zero-order valence-electron chi connectivity index (χ0n) is 21.2. The van der Waals surface area contributed by atoms with Crippen molar-refractivity contribution in [3.63, 3.8) is 0 Å². The number of nitrogens with zero attached hydrogens (tertiary/aromatic N) is 3. The van der Waals surface area contributed by atoms with Crippen LogP contribution in [0.1, 0.15) is 53.4 Å². The zero-order valence-corrected chi connectivity index (χ0v) is 21.2. The first kappa shape index (κ1) is 26.9. The highest BCUT2D eigenvalue weighted by Gasteiger charge is 2.52. The van der Waals surface area contributed by atoms with Crippen LogP contribution in [-0.4, -0.2) is 68.4 Å². The molecule has 0 spiro atoms. The summed E-state index contributed by atoms with van der Waals surface area (Å²) >= 11 is 0. The molecule has 4 atom stereocenters. The summed E-state index contributed by atoms with van der Waals surface area (Å²) < 4.78 is 42.1. The van der Waals surface area contributed by atoms with Gasteiger partial charge in [-0.2, -0.15) is 0 Å². The number of carbonyl (C=O) groups is 2. The van der Waals surface area contributed by atoms with Gasteiger partial charge in [-0.1, -0.05) is 0 Å². The van der Waals surface area contributed by atoms with Crippen LogP contribution in [0.15, 0.2) is 24.5 Å². The van der Waals surface area contributed by atoms with Crippen molar-refractivity contribution in [1.82, 2.24) is 20.2 Å². The van der Waals surface area contributed by atoms with Crippen LogP contribution in [0.25, 0.3) is 10.9 Å². The van der Waals surface area contributed by atoms with Crippen LogP contribution in [0.4, 0.5) is 19.0 Å². The number of fused-ring (bicyclic) bond motifs is 1. The second-order valence-corrected chi connectivity index (χ2v) is 11.1. The number of hydrogen-bond donors (Lipinski definition) is 3. The molecule has 12 heteroatoms. The molecule has 0 bridgehead atoms. The average Bonchev–Trinajstić information content (AvgIpc) is 3.12. The van der Waals surface area contributed by atoms with E-state index in [2.05, 4.69) is 25.3 Å². The molecular weight excluding hydrogens is 491 g/mol. The van der Waals surface area contributed by atoms with Gasteiger partial charge in [-0.05, 0) is 71.6 Å². The Kier molecular flexibility index (Phi) is 7.00. The van der Waals surface area contributed by atoms with Crippen molar-refractivity contribution < 1.29 is 32.6 Å². The molecule has 2 heterocycles. The Morgan fingerprint density at radius 2 is 1.92 bits per heavy atom. The van der Waals surface area contributed by atoms with E-state index in [1.807, 2.05) is 20.8 Å². The first-order valence-corrected chi connectivity index (χ1v) is 12.2. The number of halogens is 3. The lowest BCUT2D eigenvalue weighted by atomic mass is 9.68. The summed E-state index contributed by atoms with van der Waals surface area (Å²) in [4.78, 5) is 35.7. The number of anilines is 1. The normalized spacial score (nSPS) is 26.9. The van der Waals surface area contributed by atoms with Crippen molar-refractivity contribution in [2.24, 2.45) is 5.41 Å². The van der Waals surface area contributed by atoms with Crippen LogP contribution >= 0.6 is 0 Å². The van der Waals surface area contributed by atoms with E-state index >= 15 is 0 Å². The second-order valence-electron chi connectivity index (χ2n) is 11.1. The number of alkyl halides is 3. The molecule has 2 fully saturated rings. The summed E-state index contributed by atoms with van der Waals surface area (Å²) in [6.07, 6.45) is -1.51. The summed E-state index contributed by atoms with van der Waals surface area (Å²) in [6.45, 7) is 8.17. The molecule has 4 rings (SSSR count). The van der Waals surface area contributed by atoms with Crippen LogP contribution in [0, 0.1) is 5.41 Å². The Morgan fingerprint density at radius 3 is 2.57 bits per heavy atom. The summed E-state index contributed by atoms with van der Waals surface area (Å²) in [5.74, 6) is -1.41. The van der Waals surface area contributed by atoms with Gasteiger partial charge in [0.1, 0.15) is 23.9 Å². The van der Waals surface area contributed by atoms with Gasteiger partial charge in [0, 0.05) is 29.6 Å². The predicted octanol–water partition coefficient (Wildman–Crippen LogP) is 3.94. The van der Waals surface area contributed by atoms with Crippen molar-refractivity contribution >= 4 is 28.6 Å². The number of rotatable bonds is 6. The quantitative estimate of drug-likeness (QED) is 0.522. The molecule has 1 saturated heterocycles. The van der Waals surface area contributed by atoms with Gasteiger partial charge < -0.3 is 25.4 Å². The van der Waals surface area contributed by atoms with Crippen LogP contribution in [-0.2, 0) is 9.59 Å². The summed E-state index contributed by atoms with van der Waals surface area (Å²) in [5.41, 5.74) is -0.907. The van der Waals surface area contributed by atoms with Gasteiger partial charge in [-0.25, -0.2) is 9.97 Å². The minimum absolute atomic E-state index is 0.0180. The van der Waals surface area contributed by atoms with Gasteiger partial charge in [0.25, 0.3) is 0 Å². The smallest absolute Gasteiger partial charge is 0.481 e. The van der Waals surface area contributed by atoms with Crippen LogP contribution in [0.3, 0.4) is 0 Å². The molecule has 37 heavy (non-hydrogen) atoms. The number of carbonyl (C=O) groups excluding carboxylic acids is 1. The van der Waals surface area contributed by atoms with E-state index in [-0.39, 0.29) is 28.7 Å². The molecule has 0 radical (unpaired) electrons. The van der Waals surface area contributed by atoms with Gasteiger partial charge in [-0.15, -0.1) is 13.2 Å². The largest absolute Gasteiger partial charge is 0.573 e. The van der Waals surface area contributed by atoms with Crippen molar-refractivity contribution in [1.29, 1.82) is 0 Å². The number of likely N-dealkylation sites (tertiary alicyclic amines) is 1. The summed E-state index contributed by atoms with van der Waals surface area (Å²) in [7, 11) is 0. The Balaban J connectivity index is 1.53. The van der Waals surface area contributed by atoms with Gasteiger partial charge in [0.15, 0.2) is 0 Å². The Bertz CT molecular complexity index is 1190. The van der Waals surface area contributed by atoms with Crippen molar-refractivity contribution in [3.8, 4) is 5.75 Å². The molecule has 1 aromatic carbocycles. The number of aliphatic carboxylic acids is 1. The topological polar surface area (TPSA) is 117 Å². The number of carboxylic acids is 1. The molecular formula is C25H32F3N5O4. The number of benzene rings is 1. The lowest BCUT2D eigenvalue weighted by Gasteiger charge is -2.47. The SMILES string of the molecule is CC(C)(C)NC1CCC(N2CC[C@H](Nc3ncnc4ccc(OC(F)(F)F)cc34)C2=O)C(C)(C(=O)O)C1. The van der Waals surface area contributed by atoms with E-state index < -0.39 is 35.6 Å². The first-order valence-electron chi connectivity index (χ1n) is 12.2. The molecule has 3 unspecified atom stereocenters. The Morgan fingerprint density at radius 1 is 1.19 bits per heavy atom. The Hall–Kier alpha value is -3.15. The Labute approximate surface area is 212 Å². The molecule has 1 aromatic heterocycles. The van der Waals surface area contributed by atoms with Crippen LogP contribution < -0.4 is 15.4 Å². The maximum Gasteiger partial charge on any atom is 0.573 e. The third kappa shape index (κ3) is 5.89. The fourth-order valence-corrected chi connectivity index (χ4v) is 5.55. The van der Waals surface area contributed by atoms with Gasteiger partial charge in [0.05, 0.1) is 10.9 Å². The summed E-state index contributed by atoms with van der Waals surface area (Å²) in [6, 6.07) is 2.56. The minimum Gasteiger partial charge on any atom is -0.481 e.